The van der Waals surface area contributed by atoms with Crippen molar-refractivity contribution in [2.75, 3.05) is 0 Å². The van der Waals surface area contributed by atoms with Crippen LogP contribution >= 0.6 is 0 Å². The summed E-state index contributed by atoms with van der Waals surface area (Å²) in [7, 11) is 0. The van der Waals surface area contributed by atoms with Gasteiger partial charge >= 0.3 is 5.97 Å². The second-order valence-corrected chi connectivity index (χ2v) is 8.27. The standard InChI is InChI=1S/C15H21NO3S/c1-9-6-5-7-10-8-11(14(17)18)13(12(9)10)16-20(19)15(2,3)4/h5-7,11,13,16H,8H2,1-4H3,(H,17,18)/t11-,13+,20+/m1/s1. The third kappa shape index (κ3) is 2.85. The van der Waals surface area contributed by atoms with Crippen molar-refractivity contribution >= 4 is 17.3 Å². The molecule has 0 saturated heterocycles. The number of hydrogen-bond acceptors (Lipinski definition) is 3. The molecule has 1 aliphatic rings. The van der Waals surface area contributed by atoms with Crippen molar-refractivity contribution in [1.82, 2.24) is 4.72 Å². The van der Waals surface area contributed by atoms with Gasteiger partial charge in [-0.2, -0.15) is 0 Å². The topological polar surface area (TPSA) is 72.4 Å². The van der Waals surface area contributed by atoms with Gasteiger partial charge in [-0.05, 0) is 50.8 Å². The molecule has 110 valence electrons. The molecule has 1 aromatic rings. The zero-order valence-corrected chi connectivity index (χ0v) is 13.1. The van der Waals surface area contributed by atoms with Gasteiger partial charge in [-0.1, -0.05) is 18.2 Å². The molecular weight excluding hydrogens is 274 g/mol. The molecule has 0 bridgehead atoms. The second kappa shape index (κ2) is 5.39. The first-order valence-electron chi connectivity index (χ1n) is 6.71. The van der Waals surface area contributed by atoms with Crippen LogP contribution < -0.4 is 4.72 Å². The van der Waals surface area contributed by atoms with E-state index in [-0.39, 0.29) is 6.04 Å². The van der Waals surface area contributed by atoms with Crippen molar-refractivity contribution in [3.63, 3.8) is 0 Å². The lowest BCUT2D eigenvalue weighted by atomic mass is 9.99. The number of aliphatic carboxylic acids is 1. The minimum absolute atomic E-state index is 0.385. The van der Waals surface area contributed by atoms with Crippen LogP contribution in [-0.4, -0.2) is 20.4 Å². The zero-order valence-electron chi connectivity index (χ0n) is 12.3. The largest absolute Gasteiger partial charge is 0.598 e. The molecule has 2 rings (SSSR count). The molecular formula is C15H21NO3S. The maximum Gasteiger partial charge on any atom is 0.308 e. The normalized spacial score (nSPS) is 23.4. The van der Waals surface area contributed by atoms with Crippen LogP contribution in [0.25, 0.3) is 0 Å². The van der Waals surface area contributed by atoms with Crippen molar-refractivity contribution in [1.29, 1.82) is 0 Å². The van der Waals surface area contributed by atoms with Gasteiger partial charge in [0.1, 0.15) is 4.75 Å². The Morgan fingerprint density at radius 1 is 1.45 bits per heavy atom. The molecule has 2 N–H and O–H groups in total. The molecule has 5 heteroatoms. The summed E-state index contributed by atoms with van der Waals surface area (Å²) in [5.74, 6) is -1.40. The van der Waals surface area contributed by atoms with E-state index in [1.165, 1.54) is 0 Å². The number of benzene rings is 1. The summed E-state index contributed by atoms with van der Waals surface area (Å²) in [6.07, 6.45) is 0.491. The van der Waals surface area contributed by atoms with Crippen LogP contribution in [0.15, 0.2) is 18.2 Å². The number of hydrogen-bond donors (Lipinski definition) is 2. The lowest BCUT2D eigenvalue weighted by Gasteiger charge is -2.28. The molecule has 0 saturated carbocycles. The molecule has 0 amide bonds. The molecule has 0 fully saturated rings. The van der Waals surface area contributed by atoms with Gasteiger partial charge in [0.2, 0.25) is 0 Å². The zero-order chi connectivity index (χ0) is 15.1. The first-order valence-corrected chi connectivity index (χ1v) is 7.86. The summed E-state index contributed by atoms with van der Waals surface area (Å²) in [5, 5.41) is 9.42. The Hall–Kier alpha value is -1.04. The van der Waals surface area contributed by atoms with Gasteiger partial charge in [-0.3, -0.25) is 4.79 Å². The van der Waals surface area contributed by atoms with Crippen LogP contribution in [0, 0.1) is 12.8 Å². The van der Waals surface area contributed by atoms with Crippen molar-refractivity contribution in [2.45, 2.75) is 44.9 Å². The summed E-state index contributed by atoms with van der Waals surface area (Å²) in [4.78, 5) is 11.5. The fraction of sp³-hybridized carbons (Fsp3) is 0.533. The molecule has 0 aromatic heterocycles. The first kappa shape index (κ1) is 15.4. The number of aryl methyl sites for hydroxylation is 1. The van der Waals surface area contributed by atoms with Gasteiger partial charge in [0.25, 0.3) is 0 Å². The Balaban J connectivity index is 2.35. The van der Waals surface area contributed by atoms with Crippen molar-refractivity contribution in [3.05, 3.63) is 34.9 Å². The highest BCUT2D eigenvalue weighted by Gasteiger charge is 2.42. The number of carbonyl (C=O) groups is 1. The molecule has 1 aromatic carbocycles. The Kier molecular flexibility index (Phi) is 4.14. The van der Waals surface area contributed by atoms with Crippen molar-refractivity contribution in [2.24, 2.45) is 5.92 Å². The maximum atomic E-state index is 12.3. The van der Waals surface area contributed by atoms with Crippen LogP contribution in [0.4, 0.5) is 0 Å². The quantitative estimate of drug-likeness (QED) is 0.840. The fourth-order valence-electron chi connectivity index (χ4n) is 2.58. The summed E-state index contributed by atoms with van der Waals surface area (Å²) < 4.78 is 14.9. The molecule has 20 heavy (non-hydrogen) atoms. The van der Waals surface area contributed by atoms with E-state index in [9.17, 15) is 14.5 Å². The number of carboxylic acids is 1. The Bertz CT molecular complexity index is 524. The van der Waals surface area contributed by atoms with Gasteiger partial charge in [0, 0.05) is 11.4 Å². The lowest BCUT2D eigenvalue weighted by Crippen LogP contribution is -2.43. The molecule has 0 unspecified atom stereocenters. The van der Waals surface area contributed by atoms with Crippen LogP contribution in [0.5, 0.6) is 0 Å². The molecule has 0 heterocycles. The van der Waals surface area contributed by atoms with Gasteiger partial charge in [-0.25, -0.2) is 0 Å². The molecule has 1 aliphatic carbocycles. The highest BCUT2D eigenvalue weighted by atomic mass is 32.2. The minimum Gasteiger partial charge on any atom is -0.598 e. The Morgan fingerprint density at radius 3 is 2.65 bits per heavy atom. The SMILES string of the molecule is Cc1cccc2c1[C@@H](N[S@@+]([O-])C(C)(C)C)[C@H](C(=O)O)C2. The van der Waals surface area contributed by atoms with E-state index in [2.05, 4.69) is 4.72 Å². The third-order valence-corrected chi connectivity index (χ3v) is 5.26. The van der Waals surface area contributed by atoms with Gasteiger partial charge in [0.15, 0.2) is 0 Å². The van der Waals surface area contributed by atoms with Gasteiger partial charge < -0.3 is 9.66 Å². The average molecular weight is 295 g/mol. The van der Waals surface area contributed by atoms with Crippen LogP contribution in [-0.2, 0) is 22.6 Å². The third-order valence-electron chi connectivity index (χ3n) is 3.68. The highest BCUT2D eigenvalue weighted by Crippen LogP contribution is 2.39. The maximum absolute atomic E-state index is 12.3. The first-order chi connectivity index (χ1) is 9.21. The molecule has 3 atom stereocenters. The van der Waals surface area contributed by atoms with Crippen molar-refractivity contribution < 1.29 is 14.5 Å². The molecule has 0 aliphatic heterocycles. The Morgan fingerprint density at radius 2 is 2.10 bits per heavy atom. The summed E-state index contributed by atoms with van der Waals surface area (Å²) in [6.45, 7) is 7.59. The molecule has 0 spiro atoms. The van der Waals surface area contributed by atoms with E-state index < -0.39 is 28.0 Å². The van der Waals surface area contributed by atoms with E-state index in [0.717, 1.165) is 16.7 Å². The lowest BCUT2D eigenvalue weighted by molar-refractivity contribution is -0.142. The second-order valence-electron chi connectivity index (χ2n) is 6.27. The van der Waals surface area contributed by atoms with Crippen molar-refractivity contribution in [3.8, 4) is 0 Å². The van der Waals surface area contributed by atoms with E-state index in [4.69, 9.17) is 0 Å². The van der Waals surface area contributed by atoms with Gasteiger partial charge in [0.05, 0.1) is 12.0 Å². The average Bonchev–Trinajstić information content (AvgIpc) is 2.68. The predicted octanol–water partition coefficient (Wildman–Crippen LogP) is 2.34. The number of fused-ring (bicyclic) bond motifs is 1. The van der Waals surface area contributed by atoms with Crippen LogP contribution in [0.3, 0.4) is 0 Å². The predicted molar refractivity (Wildman–Crippen MR) is 79.8 cm³/mol. The van der Waals surface area contributed by atoms with E-state index in [0.29, 0.717) is 6.42 Å². The summed E-state index contributed by atoms with van der Waals surface area (Å²) in [5.41, 5.74) is 3.09. The van der Waals surface area contributed by atoms with E-state index >= 15 is 0 Å². The number of rotatable bonds is 3. The van der Waals surface area contributed by atoms with Crippen LogP contribution in [0.2, 0.25) is 0 Å². The van der Waals surface area contributed by atoms with Crippen LogP contribution in [0.1, 0.15) is 43.5 Å². The molecule has 4 nitrogen and oxygen atoms in total. The highest BCUT2D eigenvalue weighted by molar-refractivity contribution is 7.90. The summed E-state index contributed by atoms with van der Waals surface area (Å²) >= 11 is -1.29. The summed E-state index contributed by atoms with van der Waals surface area (Å²) in [6, 6.07) is 5.48. The Labute approximate surface area is 122 Å². The van der Waals surface area contributed by atoms with E-state index in [1.807, 2.05) is 45.9 Å². The number of carboxylic acid groups (broad SMARTS) is 1. The van der Waals surface area contributed by atoms with E-state index in [1.54, 1.807) is 0 Å². The van der Waals surface area contributed by atoms with Gasteiger partial charge in [-0.15, -0.1) is 4.72 Å². The molecule has 0 radical (unpaired) electrons. The monoisotopic (exact) mass is 295 g/mol. The minimum atomic E-state index is -1.29. The fourth-order valence-corrected chi connectivity index (χ4v) is 3.45. The smallest absolute Gasteiger partial charge is 0.308 e. The number of nitrogens with one attached hydrogen (secondary N) is 1.